The summed E-state index contributed by atoms with van der Waals surface area (Å²) in [5.74, 6) is 0.190. The van der Waals surface area contributed by atoms with E-state index < -0.39 is 0 Å². The largest absolute Gasteiger partial charge is 0.336 e. The van der Waals surface area contributed by atoms with Crippen LogP contribution in [0.25, 0.3) is 5.69 Å². The second kappa shape index (κ2) is 8.50. The fraction of sp³-hybridized carbons (Fsp3) is 0.455. The number of nitrogens with zero attached hydrogens (tertiary/aromatic N) is 5. The lowest BCUT2D eigenvalue weighted by atomic mass is 9.94. The molecule has 2 aromatic rings. The van der Waals surface area contributed by atoms with E-state index in [0.717, 1.165) is 42.0 Å². The van der Waals surface area contributed by atoms with Gasteiger partial charge in [-0.05, 0) is 45.7 Å². The van der Waals surface area contributed by atoms with E-state index in [9.17, 15) is 4.79 Å². The van der Waals surface area contributed by atoms with Crippen LogP contribution in [0.4, 0.5) is 0 Å². The molecular formula is C22H29N5O. The van der Waals surface area contributed by atoms with Gasteiger partial charge in [0, 0.05) is 30.3 Å². The average molecular weight is 380 g/mol. The summed E-state index contributed by atoms with van der Waals surface area (Å²) in [6.45, 7) is 11.2. The molecule has 1 amide bonds. The van der Waals surface area contributed by atoms with E-state index in [1.807, 2.05) is 30.0 Å². The van der Waals surface area contributed by atoms with Crippen molar-refractivity contribution >= 4 is 5.91 Å². The van der Waals surface area contributed by atoms with Crippen LogP contribution in [-0.4, -0.2) is 43.4 Å². The minimum absolute atomic E-state index is 0.0539. The van der Waals surface area contributed by atoms with Gasteiger partial charge < -0.3 is 4.90 Å². The highest BCUT2D eigenvalue weighted by molar-refractivity contribution is 5.98. The Morgan fingerprint density at radius 3 is 2.71 bits per heavy atom. The van der Waals surface area contributed by atoms with Crippen molar-refractivity contribution in [3.8, 4) is 5.69 Å². The summed E-state index contributed by atoms with van der Waals surface area (Å²) in [5.41, 5.74) is 4.85. The molecule has 3 rings (SSSR count). The van der Waals surface area contributed by atoms with E-state index in [4.69, 9.17) is 0 Å². The summed E-state index contributed by atoms with van der Waals surface area (Å²) in [6, 6.07) is 4.06. The molecule has 0 saturated carbocycles. The Labute approximate surface area is 167 Å². The van der Waals surface area contributed by atoms with Crippen LogP contribution in [0.5, 0.6) is 0 Å². The minimum atomic E-state index is 0.0539. The van der Waals surface area contributed by atoms with Gasteiger partial charge in [-0.2, -0.15) is 0 Å². The first-order valence-electron chi connectivity index (χ1n) is 9.97. The first kappa shape index (κ1) is 20.0. The summed E-state index contributed by atoms with van der Waals surface area (Å²) >= 11 is 0. The molecule has 2 aromatic heterocycles. The number of aromatic nitrogens is 4. The van der Waals surface area contributed by atoms with Crippen molar-refractivity contribution in [1.82, 2.24) is 24.9 Å². The van der Waals surface area contributed by atoms with Crippen molar-refractivity contribution in [3.63, 3.8) is 0 Å². The molecule has 148 valence electrons. The molecule has 0 spiro atoms. The molecule has 0 fully saturated rings. The highest BCUT2D eigenvalue weighted by Gasteiger charge is 2.26. The highest BCUT2D eigenvalue weighted by Crippen LogP contribution is 2.26. The minimum Gasteiger partial charge on any atom is -0.336 e. The zero-order valence-electron chi connectivity index (χ0n) is 17.4. The summed E-state index contributed by atoms with van der Waals surface area (Å²) in [5, 5.41) is 8.67. The SMILES string of the molecule is CCC1=C(/C=C\C(C)c2nnn(-c3cccnc3)c2C)C(=O)N(C(C)C)CC1. The smallest absolute Gasteiger partial charge is 0.254 e. The van der Waals surface area contributed by atoms with Crippen LogP contribution in [0.2, 0.25) is 0 Å². The number of pyridine rings is 1. The zero-order valence-corrected chi connectivity index (χ0v) is 17.4. The highest BCUT2D eigenvalue weighted by atomic mass is 16.2. The molecule has 0 saturated heterocycles. The van der Waals surface area contributed by atoms with Gasteiger partial charge in [-0.1, -0.05) is 36.8 Å². The number of rotatable bonds is 6. The summed E-state index contributed by atoms with van der Waals surface area (Å²) in [6.07, 6.45) is 9.42. The monoisotopic (exact) mass is 379 g/mol. The van der Waals surface area contributed by atoms with Crippen molar-refractivity contribution < 1.29 is 4.79 Å². The first-order chi connectivity index (χ1) is 13.4. The normalized spacial score (nSPS) is 16.5. The fourth-order valence-electron chi connectivity index (χ4n) is 3.66. The van der Waals surface area contributed by atoms with Gasteiger partial charge in [0.15, 0.2) is 0 Å². The predicted molar refractivity (Wildman–Crippen MR) is 110 cm³/mol. The average Bonchev–Trinajstić information content (AvgIpc) is 3.08. The molecule has 3 heterocycles. The maximum Gasteiger partial charge on any atom is 0.254 e. The molecule has 6 nitrogen and oxygen atoms in total. The maximum atomic E-state index is 12.9. The molecule has 0 N–H and O–H groups in total. The Kier molecular flexibility index (Phi) is 6.07. The van der Waals surface area contributed by atoms with E-state index >= 15 is 0 Å². The Morgan fingerprint density at radius 1 is 1.29 bits per heavy atom. The van der Waals surface area contributed by atoms with E-state index in [0.29, 0.717) is 0 Å². The third-order valence-electron chi connectivity index (χ3n) is 5.38. The van der Waals surface area contributed by atoms with Gasteiger partial charge in [-0.15, -0.1) is 5.10 Å². The molecular weight excluding hydrogens is 350 g/mol. The molecule has 1 aliphatic heterocycles. The van der Waals surface area contributed by atoms with Crippen molar-refractivity contribution in [3.05, 3.63) is 59.2 Å². The van der Waals surface area contributed by atoms with Gasteiger partial charge in [-0.3, -0.25) is 9.78 Å². The molecule has 0 aliphatic carbocycles. The molecule has 1 unspecified atom stereocenters. The van der Waals surface area contributed by atoms with Crippen LogP contribution in [0.3, 0.4) is 0 Å². The maximum absolute atomic E-state index is 12.9. The molecule has 1 atom stereocenters. The number of allylic oxidation sites excluding steroid dienone is 1. The third-order valence-corrected chi connectivity index (χ3v) is 5.38. The van der Waals surface area contributed by atoms with Crippen molar-refractivity contribution in [2.24, 2.45) is 0 Å². The van der Waals surface area contributed by atoms with Crippen LogP contribution >= 0.6 is 0 Å². The van der Waals surface area contributed by atoms with E-state index in [1.165, 1.54) is 5.57 Å². The van der Waals surface area contributed by atoms with Crippen molar-refractivity contribution in [2.45, 2.75) is 59.4 Å². The Morgan fingerprint density at radius 2 is 2.07 bits per heavy atom. The molecule has 0 bridgehead atoms. The van der Waals surface area contributed by atoms with Gasteiger partial charge in [0.25, 0.3) is 5.91 Å². The number of carbonyl (C=O) groups is 1. The van der Waals surface area contributed by atoms with Crippen molar-refractivity contribution in [2.75, 3.05) is 6.54 Å². The second-order valence-corrected chi connectivity index (χ2v) is 7.54. The number of amides is 1. The number of carbonyl (C=O) groups excluding carboxylic acids is 1. The van der Waals surface area contributed by atoms with Gasteiger partial charge in [0.1, 0.15) is 0 Å². The lowest BCUT2D eigenvalue weighted by Crippen LogP contribution is -2.41. The van der Waals surface area contributed by atoms with Crippen LogP contribution in [0.15, 0.2) is 47.8 Å². The zero-order chi connectivity index (χ0) is 20.3. The summed E-state index contributed by atoms with van der Waals surface area (Å²) in [4.78, 5) is 19.0. The number of hydrogen-bond acceptors (Lipinski definition) is 4. The second-order valence-electron chi connectivity index (χ2n) is 7.54. The lowest BCUT2D eigenvalue weighted by Gasteiger charge is -2.32. The molecule has 28 heavy (non-hydrogen) atoms. The Balaban J connectivity index is 1.85. The van der Waals surface area contributed by atoms with Crippen LogP contribution in [0, 0.1) is 6.92 Å². The lowest BCUT2D eigenvalue weighted by molar-refractivity contribution is -0.129. The Hall–Kier alpha value is -2.76. The molecule has 0 radical (unpaired) electrons. The molecule has 0 aromatic carbocycles. The molecule has 6 heteroatoms. The standard InChI is InChI=1S/C22H29N5O/c1-6-18-11-13-26(15(2)3)22(28)20(18)10-9-16(4)21-17(5)27(25-24-21)19-8-7-12-23-14-19/h7-10,12,14-16H,6,11,13H2,1-5H3/b10-9-. The van der Waals surface area contributed by atoms with Gasteiger partial charge in [0.05, 0.1) is 23.3 Å². The summed E-state index contributed by atoms with van der Waals surface area (Å²) in [7, 11) is 0. The topological polar surface area (TPSA) is 63.9 Å². The number of hydrogen-bond donors (Lipinski definition) is 0. The van der Waals surface area contributed by atoms with E-state index in [1.54, 1.807) is 17.1 Å². The van der Waals surface area contributed by atoms with Crippen LogP contribution in [-0.2, 0) is 4.79 Å². The Bertz CT molecular complexity index is 895. The van der Waals surface area contributed by atoms with Gasteiger partial charge >= 0.3 is 0 Å². The molecule has 1 aliphatic rings. The quantitative estimate of drug-likeness (QED) is 0.762. The van der Waals surface area contributed by atoms with E-state index in [-0.39, 0.29) is 17.9 Å². The third kappa shape index (κ3) is 3.91. The fourth-order valence-corrected chi connectivity index (χ4v) is 3.66. The predicted octanol–water partition coefficient (Wildman–Crippen LogP) is 3.98. The van der Waals surface area contributed by atoms with Crippen molar-refractivity contribution in [1.29, 1.82) is 0 Å². The summed E-state index contributed by atoms with van der Waals surface area (Å²) < 4.78 is 1.80. The van der Waals surface area contributed by atoms with Gasteiger partial charge in [0.2, 0.25) is 0 Å². The van der Waals surface area contributed by atoms with Crippen LogP contribution < -0.4 is 0 Å². The first-order valence-corrected chi connectivity index (χ1v) is 9.97. The van der Waals surface area contributed by atoms with E-state index in [2.05, 4.69) is 49.1 Å². The van der Waals surface area contributed by atoms with Gasteiger partial charge in [-0.25, -0.2) is 4.68 Å². The van der Waals surface area contributed by atoms with Crippen LogP contribution in [0.1, 0.15) is 57.8 Å².